The van der Waals surface area contributed by atoms with Gasteiger partial charge in [0.1, 0.15) is 0 Å². The van der Waals surface area contributed by atoms with Crippen LogP contribution in [0.5, 0.6) is 0 Å². The first-order valence-electron chi connectivity index (χ1n) is 5.31. The average molecular weight is 335 g/mol. The van der Waals surface area contributed by atoms with E-state index in [1.165, 1.54) is 18.3 Å². The molecule has 3 nitrogen and oxygen atoms in total. The Bertz CT molecular complexity index is 630. The van der Waals surface area contributed by atoms with E-state index in [1.807, 2.05) is 12.1 Å². The van der Waals surface area contributed by atoms with Crippen LogP contribution >= 0.6 is 19.5 Å². The third kappa shape index (κ3) is 1.79. The molecule has 0 amide bonds. The zero-order valence-electron chi connectivity index (χ0n) is 9.05. The first-order valence-corrected chi connectivity index (χ1v) is 8.43. The van der Waals surface area contributed by atoms with E-state index in [2.05, 4.69) is 44.7 Å². The molecule has 0 bridgehead atoms. The fraction of sp³-hybridized carbons (Fsp3) is 0.0769. The van der Waals surface area contributed by atoms with Crippen molar-refractivity contribution in [2.45, 2.75) is 6.42 Å². The fourth-order valence-corrected chi connectivity index (χ4v) is 6.50. The van der Waals surface area contributed by atoms with Gasteiger partial charge in [0.2, 0.25) is 0 Å². The summed E-state index contributed by atoms with van der Waals surface area (Å²) in [4.78, 5) is 0. The SMILES string of the molecule is [N-]=N[N+]#I1c2ccccc2Cc2ccccc21. The summed E-state index contributed by atoms with van der Waals surface area (Å²) in [5.41, 5.74) is 11.4. The molecule has 3 rings (SSSR count). The summed E-state index contributed by atoms with van der Waals surface area (Å²) < 4.78 is 6.67. The Morgan fingerprint density at radius 3 is 2.00 bits per heavy atom. The molecular formula is C13H10IN3. The number of hydrogen-bond donors (Lipinski definition) is 0. The number of hydrogen-bond acceptors (Lipinski definition) is 1. The predicted molar refractivity (Wildman–Crippen MR) is 76.3 cm³/mol. The summed E-state index contributed by atoms with van der Waals surface area (Å²) >= 11 is -1.91. The lowest BCUT2D eigenvalue weighted by molar-refractivity contribution is 1.15. The predicted octanol–water partition coefficient (Wildman–Crippen LogP) is 4.36. The van der Waals surface area contributed by atoms with Gasteiger partial charge in [0.15, 0.2) is 0 Å². The molecule has 0 aromatic heterocycles. The standard InChI is InChI=1S/C13H10IN3/c15-17-16-14-12-7-3-1-5-10(12)9-11-6-2-4-8-13(11)14/h1-8H,9H2. The minimum atomic E-state index is -1.91. The zero-order chi connectivity index (χ0) is 11.7. The van der Waals surface area contributed by atoms with Gasteiger partial charge in [0, 0.05) is 17.9 Å². The molecule has 84 valence electrons. The second kappa shape index (κ2) is 4.39. The summed E-state index contributed by atoms with van der Waals surface area (Å²) in [5, 5.41) is 3.05. The van der Waals surface area contributed by atoms with E-state index in [0.717, 1.165) is 6.42 Å². The van der Waals surface area contributed by atoms with E-state index in [1.54, 1.807) is 0 Å². The Balaban J connectivity index is 2.32. The van der Waals surface area contributed by atoms with Gasteiger partial charge in [-0.2, -0.15) is 0 Å². The molecule has 1 heterocycles. The maximum absolute atomic E-state index is 8.77. The van der Waals surface area contributed by atoms with Crippen molar-refractivity contribution >= 4 is 19.5 Å². The van der Waals surface area contributed by atoms with E-state index in [4.69, 9.17) is 5.53 Å². The zero-order valence-corrected chi connectivity index (χ0v) is 11.2. The molecule has 1 aliphatic rings. The molecule has 0 aliphatic carbocycles. The van der Waals surface area contributed by atoms with Gasteiger partial charge in [-0.3, -0.25) is 3.07 Å². The van der Waals surface area contributed by atoms with Crippen molar-refractivity contribution in [2.75, 3.05) is 0 Å². The number of rotatable bonds is 0. The molecular weight excluding hydrogens is 325 g/mol. The lowest BCUT2D eigenvalue weighted by atomic mass is 10.1. The molecule has 0 spiro atoms. The average Bonchev–Trinajstić information content (AvgIpc) is 2.39. The minimum absolute atomic E-state index is 0.960. The molecule has 0 fully saturated rings. The van der Waals surface area contributed by atoms with E-state index in [9.17, 15) is 0 Å². The van der Waals surface area contributed by atoms with Crippen LogP contribution in [0.1, 0.15) is 11.1 Å². The normalized spacial score (nSPS) is 13.4. The van der Waals surface area contributed by atoms with Gasteiger partial charge in [-0.15, -0.1) is 0 Å². The summed E-state index contributed by atoms with van der Waals surface area (Å²) in [6.45, 7) is 0. The van der Waals surface area contributed by atoms with Crippen LogP contribution in [0.4, 0.5) is 0 Å². The minimum Gasteiger partial charge on any atom is -0.264 e. The first kappa shape index (κ1) is 10.6. The van der Waals surface area contributed by atoms with E-state index >= 15 is 0 Å². The summed E-state index contributed by atoms with van der Waals surface area (Å²) in [5.74, 6) is 0. The van der Waals surface area contributed by atoms with Crippen LogP contribution in [-0.2, 0) is 6.42 Å². The van der Waals surface area contributed by atoms with Gasteiger partial charge in [-0.1, -0.05) is 36.4 Å². The molecule has 0 radical (unpaired) electrons. The van der Waals surface area contributed by atoms with Crippen molar-refractivity contribution in [1.82, 2.24) is 0 Å². The Morgan fingerprint density at radius 2 is 1.47 bits per heavy atom. The molecule has 0 unspecified atom stereocenters. The molecule has 1 aliphatic heterocycles. The Hall–Kier alpha value is -1.52. The van der Waals surface area contributed by atoms with Crippen LogP contribution in [-0.4, -0.2) is 0 Å². The van der Waals surface area contributed by atoms with Gasteiger partial charge in [-0.05, 0) is 29.7 Å². The van der Waals surface area contributed by atoms with Crippen LogP contribution in [0.15, 0.2) is 53.8 Å². The Labute approximate surface area is 106 Å². The van der Waals surface area contributed by atoms with Gasteiger partial charge in [-0.25, -0.2) is 0 Å². The fourth-order valence-electron chi connectivity index (χ4n) is 2.06. The smallest absolute Gasteiger partial charge is 0.0804 e. The number of fused-ring (bicyclic) bond motifs is 2. The highest BCUT2D eigenvalue weighted by Gasteiger charge is 2.19. The Kier molecular flexibility index (Phi) is 2.74. The number of nitrogens with zero attached hydrogens (tertiary/aromatic N) is 3. The summed E-state index contributed by atoms with van der Waals surface area (Å²) in [7, 11) is 0. The molecule has 0 atom stereocenters. The van der Waals surface area contributed by atoms with Crippen molar-refractivity contribution in [2.24, 2.45) is 5.22 Å². The quantitative estimate of drug-likeness (QED) is 0.333. The molecule has 2 aromatic rings. The van der Waals surface area contributed by atoms with Crippen molar-refractivity contribution in [1.29, 1.82) is 0 Å². The van der Waals surface area contributed by atoms with Gasteiger partial charge in [0.25, 0.3) is 0 Å². The molecule has 4 heteroatoms. The monoisotopic (exact) mass is 335 g/mol. The van der Waals surface area contributed by atoms with Crippen molar-refractivity contribution < 1.29 is 0 Å². The van der Waals surface area contributed by atoms with Gasteiger partial charge < -0.3 is 0 Å². The first-order chi connectivity index (χ1) is 8.40. The third-order valence-electron chi connectivity index (χ3n) is 2.79. The maximum atomic E-state index is 8.77. The highest BCUT2D eigenvalue weighted by atomic mass is 127. The highest BCUT2D eigenvalue weighted by molar-refractivity contribution is 14.2. The van der Waals surface area contributed by atoms with Crippen LogP contribution < -0.4 is 0 Å². The van der Waals surface area contributed by atoms with Crippen molar-refractivity contribution in [3.63, 3.8) is 0 Å². The maximum Gasteiger partial charge on any atom is 0.0804 e. The molecule has 17 heavy (non-hydrogen) atoms. The largest absolute Gasteiger partial charge is 0.264 e. The second-order valence-electron chi connectivity index (χ2n) is 3.79. The number of benzene rings is 2. The van der Waals surface area contributed by atoms with Gasteiger partial charge in [0.05, 0.1) is 19.5 Å². The second-order valence-corrected chi connectivity index (χ2v) is 8.05. The van der Waals surface area contributed by atoms with E-state index in [0.29, 0.717) is 0 Å². The van der Waals surface area contributed by atoms with Crippen molar-refractivity contribution in [3.05, 3.63) is 75.4 Å². The third-order valence-corrected chi connectivity index (χ3v) is 7.72. The van der Waals surface area contributed by atoms with Crippen LogP contribution in [0.25, 0.3) is 8.60 Å². The van der Waals surface area contributed by atoms with Gasteiger partial charge >= 0.3 is 0 Å². The molecule has 0 saturated carbocycles. The Morgan fingerprint density at radius 1 is 0.941 bits per heavy atom. The number of halogens is 1. The molecule has 2 aromatic carbocycles. The molecule has 0 saturated heterocycles. The van der Waals surface area contributed by atoms with Crippen molar-refractivity contribution in [3.8, 4) is 0 Å². The van der Waals surface area contributed by atoms with Crippen LogP contribution in [0.3, 0.4) is 0 Å². The van der Waals surface area contributed by atoms with E-state index < -0.39 is 19.5 Å². The van der Waals surface area contributed by atoms with Crippen LogP contribution in [0.2, 0.25) is 0 Å². The topological polar surface area (TPSA) is 39.0 Å². The molecule has 0 N–H and O–H groups in total. The summed E-state index contributed by atoms with van der Waals surface area (Å²) in [6.07, 6.45) is 0.960. The van der Waals surface area contributed by atoms with Crippen LogP contribution in [0, 0.1) is 7.14 Å². The highest BCUT2D eigenvalue weighted by Crippen LogP contribution is 2.44. The lowest BCUT2D eigenvalue weighted by Crippen LogP contribution is -2.02. The summed E-state index contributed by atoms with van der Waals surface area (Å²) in [6, 6.07) is 16.7. The lowest BCUT2D eigenvalue weighted by Gasteiger charge is -2.18. The van der Waals surface area contributed by atoms with E-state index in [-0.39, 0.29) is 0 Å².